The Balaban J connectivity index is 1.90. The smallest absolute Gasteiger partial charge is 0.162 e. The molecular weight excluding hydrogens is 174 g/mol. The van der Waals surface area contributed by atoms with Crippen LogP contribution < -0.4 is 0 Å². The molecule has 0 saturated carbocycles. The first-order valence-electron chi connectivity index (χ1n) is 6.18. The van der Waals surface area contributed by atoms with Gasteiger partial charge in [-0.2, -0.15) is 0 Å². The SMILES string of the molecule is CCCCCCCC[N+]1(C)CC1CO. The van der Waals surface area contributed by atoms with Gasteiger partial charge in [0.2, 0.25) is 0 Å². The van der Waals surface area contributed by atoms with Gasteiger partial charge in [-0.3, -0.25) is 0 Å². The predicted molar refractivity (Wildman–Crippen MR) is 60.2 cm³/mol. The fourth-order valence-electron chi connectivity index (χ4n) is 2.22. The molecule has 0 aromatic rings. The van der Waals surface area contributed by atoms with Crippen LogP contribution in [0.4, 0.5) is 0 Å². The highest BCUT2D eigenvalue weighted by Crippen LogP contribution is 2.28. The number of hydrogen-bond donors (Lipinski definition) is 1. The van der Waals surface area contributed by atoms with E-state index in [1.807, 2.05) is 0 Å². The van der Waals surface area contributed by atoms with Crippen LogP contribution in [-0.2, 0) is 0 Å². The van der Waals surface area contributed by atoms with E-state index in [1.165, 1.54) is 51.6 Å². The maximum Gasteiger partial charge on any atom is 0.162 e. The molecule has 0 radical (unpaired) electrons. The summed E-state index contributed by atoms with van der Waals surface area (Å²) in [6.07, 6.45) is 8.26. The Labute approximate surface area is 88.5 Å². The third-order valence-electron chi connectivity index (χ3n) is 3.61. The average molecular weight is 200 g/mol. The van der Waals surface area contributed by atoms with Gasteiger partial charge in [-0.15, -0.1) is 0 Å². The second kappa shape index (κ2) is 5.72. The number of unbranched alkanes of at least 4 members (excludes halogenated alkanes) is 5. The van der Waals surface area contributed by atoms with Gasteiger partial charge in [-0.25, -0.2) is 0 Å². The lowest BCUT2D eigenvalue weighted by Gasteiger charge is -2.13. The number of aliphatic hydroxyl groups excluding tert-OH is 1. The van der Waals surface area contributed by atoms with E-state index in [1.54, 1.807) is 0 Å². The minimum Gasteiger partial charge on any atom is -0.390 e. The number of nitrogens with zero attached hydrogens (tertiary/aromatic N) is 1. The second-order valence-corrected chi connectivity index (χ2v) is 4.99. The molecule has 84 valence electrons. The lowest BCUT2D eigenvalue weighted by atomic mass is 10.1. The van der Waals surface area contributed by atoms with Crippen molar-refractivity contribution < 1.29 is 9.59 Å². The normalized spacial score (nSPS) is 30.6. The van der Waals surface area contributed by atoms with Gasteiger partial charge in [-0.05, 0) is 12.8 Å². The van der Waals surface area contributed by atoms with Crippen molar-refractivity contribution in [3.63, 3.8) is 0 Å². The Bertz CT molecular complexity index is 160. The van der Waals surface area contributed by atoms with Gasteiger partial charge in [0.05, 0.1) is 13.6 Å². The van der Waals surface area contributed by atoms with Crippen molar-refractivity contribution in [2.75, 3.05) is 26.7 Å². The third-order valence-corrected chi connectivity index (χ3v) is 3.61. The fourth-order valence-corrected chi connectivity index (χ4v) is 2.22. The quantitative estimate of drug-likeness (QED) is 0.362. The molecule has 14 heavy (non-hydrogen) atoms. The predicted octanol–water partition coefficient (Wildman–Crippen LogP) is 2.17. The molecule has 0 aromatic heterocycles. The van der Waals surface area contributed by atoms with E-state index in [0.29, 0.717) is 12.6 Å². The fraction of sp³-hybridized carbons (Fsp3) is 1.00. The molecule has 1 aliphatic rings. The summed E-state index contributed by atoms with van der Waals surface area (Å²) in [5.41, 5.74) is 0. The van der Waals surface area contributed by atoms with Crippen LogP contribution in [0.1, 0.15) is 45.4 Å². The highest BCUT2D eigenvalue weighted by molar-refractivity contribution is 4.71. The van der Waals surface area contributed by atoms with Crippen LogP contribution in [-0.4, -0.2) is 42.4 Å². The largest absolute Gasteiger partial charge is 0.390 e. The van der Waals surface area contributed by atoms with E-state index < -0.39 is 0 Å². The summed E-state index contributed by atoms with van der Waals surface area (Å²) >= 11 is 0. The molecule has 1 rings (SSSR count). The van der Waals surface area contributed by atoms with Gasteiger partial charge in [0.15, 0.2) is 6.04 Å². The van der Waals surface area contributed by atoms with Crippen LogP contribution in [0.3, 0.4) is 0 Å². The summed E-state index contributed by atoms with van der Waals surface area (Å²) in [7, 11) is 2.27. The molecule has 0 amide bonds. The van der Waals surface area contributed by atoms with E-state index in [2.05, 4.69) is 14.0 Å². The first-order chi connectivity index (χ1) is 6.73. The van der Waals surface area contributed by atoms with Crippen molar-refractivity contribution in [2.24, 2.45) is 0 Å². The maximum atomic E-state index is 9.00. The molecular formula is C12H26NO+. The van der Waals surface area contributed by atoms with Crippen LogP contribution >= 0.6 is 0 Å². The van der Waals surface area contributed by atoms with Crippen molar-refractivity contribution in [2.45, 2.75) is 51.5 Å². The lowest BCUT2D eigenvalue weighted by Crippen LogP contribution is -2.26. The van der Waals surface area contributed by atoms with Gasteiger partial charge in [0.1, 0.15) is 13.2 Å². The number of likely N-dealkylation sites (N-methyl/N-ethyl adjacent to an activating group) is 1. The summed E-state index contributed by atoms with van der Waals surface area (Å²) in [6, 6.07) is 0.561. The van der Waals surface area contributed by atoms with E-state index >= 15 is 0 Å². The molecule has 1 N–H and O–H groups in total. The topological polar surface area (TPSA) is 20.2 Å². The van der Waals surface area contributed by atoms with Crippen molar-refractivity contribution in [3.05, 3.63) is 0 Å². The minimum absolute atomic E-state index is 0.381. The van der Waals surface area contributed by atoms with Gasteiger partial charge in [0, 0.05) is 0 Å². The molecule has 0 aromatic carbocycles. The van der Waals surface area contributed by atoms with Crippen molar-refractivity contribution >= 4 is 0 Å². The minimum atomic E-state index is 0.381. The Morgan fingerprint density at radius 2 is 1.79 bits per heavy atom. The zero-order valence-electron chi connectivity index (χ0n) is 9.84. The molecule has 2 heteroatoms. The van der Waals surface area contributed by atoms with Crippen LogP contribution in [0.5, 0.6) is 0 Å². The molecule has 2 nitrogen and oxygen atoms in total. The summed E-state index contributed by atoms with van der Waals surface area (Å²) < 4.78 is 1.13. The number of hydrogen-bond acceptors (Lipinski definition) is 1. The number of rotatable bonds is 8. The van der Waals surface area contributed by atoms with E-state index in [4.69, 9.17) is 5.11 Å². The third kappa shape index (κ3) is 3.58. The van der Waals surface area contributed by atoms with Crippen LogP contribution in [0.25, 0.3) is 0 Å². The molecule has 1 fully saturated rings. The Morgan fingerprint density at radius 3 is 2.36 bits per heavy atom. The van der Waals surface area contributed by atoms with E-state index in [0.717, 1.165) is 4.48 Å². The molecule has 1 aliphatic heterocycles. The van der Waals surface area contributed by atoms with E-state index in [9.17, 15) is 0 Å². The van der Waals surface area contributed by atoms with Crippen molar-refractivity contribution in [1.82, 2.24) is 0 Å². The van der Waals surface area contributed by atoms with Crippen LogP contribution in [0.2, 0.25) is 0 Å². The monoisotopic (exact) mass is 200 g/mol. The van der Waals surface area contributed by atoms with Gasteiger partial charge in [0.25, 0.3) is 0 Å². The van der Waals surface area contributed by atoms with Crippen molar-refractivity contribution in [3.8, 4) is 0 Å². The van der Waals surface area contributed by atoms with Gasteiger partial charge < -0.3 is 9.59 Å². The van der Waals surface area contributed by atoms with E-state index in [-0.39, 0.29) is 0 Å². The first kappa shape index (κ1) is 12.0. The summed E-state index contributed by atoms with van der Waals surface area (Å²) in [5.74, 6) is 0. The molecule has 0 aliphatic carbocycles. The standard InChI is InChI=1S/C12H26NO/c1-3-4-5-6-7-8-9-13(2)10-12(13)11-14/h12,14H,3-11H2,1-2H3/q+1. The Morgan fingerprint density at radius 1 is 1.14 bits per heavy atom. The first-order valence-corrected chi connectivity index (χ1v) is 6.18. The number of quaternary nitrogens is 1. The van der Waals surface area contributed by atoms with Gasteiger partial charge in [-0.1, -0.05) is 32.6 Å². The molecule has 0 spiro atoms. The maximum absolute atomic E-state index is 9.00. The molecule has 1 heterocycles. The highest BCUT2D eigenvalue weighted by atomic mass is 16.3. The molecule has 2 atom stereocenters. The van der Waals surface area contributed by atoms with Crippen LogP contribution in [0.15, 0.2) is 0 Å². The molecule has 1 saturated heterocycles. The second-order valence-electron chi connectivity index (χ2n) is 4.99. The average Bonchev–Trinajstić information content (AvgIpc) is 2.84. The Hall–Kier alpha value is -0.0800. The van der Waals surface area contributed by atoms with Crippen molar-refractivity contribution in [1.29, 1.82) is 0 Å². The zero-order chi connectivity index (χ0) is 10.4. The summed E-state index contributed by atoms with van der Waals surface area (Å²) in [6.45, 7) is 5.11. The Kier molecular flexibility index (Phi) is 4.90. The molecule has 2 unspecified atom stereocenters. The van der Waals surface area contributed by atoms with Crippen LogP contribution in [0, 0.1) is 0 Å². The summed E-state index contributed by atoms with van der Waals surface area (Å²) in [4.78, 5) is 0. The summed E-state index contributed by atoms with van der Waals surface area (Å²) in [5, 5.41) is 9.00. The van der Waals surface area contributed by atoms with Gasteiger partial charge >= 0.3 is 0 Å². The molecule has 0 bridgehead atoms. The lowest BCUT2D eigenvalue weighted by molar-refractivity contribution is -0.792. The highest BCUT2D eigenvalue weighted by Gasteiger charge is 2.49. The number of aliphatic hydroxyl groups is 1. The zero-order valence-corrected chi connectivity index (χ0v) is 9.84.